The van der Waals surface area contributed by atoms with Gasteiger partial charge in [-0.1, -0.05) is 6.07 Å². The number of hydrogen-bond donors (Lipinski definition) is 1. The number of non-ortho nitro benzene ring substituents is 1. The van der Waals surface area contributed by atoms with Gasteiger partial charge in [-0.3, -0.25) is 29.9 Å². The first-order valence-corrected chi connectivity index (χ1v) is 6.71. The molecule has 9 heteroatoms. The summed E-state index contributed by atoms with van der Waals surface area (Å²) in [5.41, 5.74) is 1.97. The number of amides is 3. The number of nitrogens with zero attached hydrogens (tertiary/aromatic N) is 3. The van der Waals surface area contributed by atoms with Crippen LogP contribution in [0.25, 0.3) is 10.8 Å². The summed E-state index contributed by atoms with van der Waals surface area (Å²) < 4.78 is 0. The predicted octanol–water partition coefficient (Wildman–Crippen LogP) is 1.29. The molecule has 1 heterocycles. The van der Waals surface area contributed by atoms with Gasteiger partial charge in [-0.25, -0.2) is 0 Å². The Balaban J connectivity index is 2.18. The summed E-state index contributed by atoms with van der Waals surface area (Å²) >= 11 is 0. The first-order valence-electron chi connectivity index (χ1n) is 6.71. The van der Waals surface area contributed by atoms with E-state index in [1.807, 2.05) is 0 Å². The van der Waals surface area contributed by atoms with Gasteiger partial charge in [0.1, 0.15) is 6.42 Å². The van der Waals surface area contributed by atoms with Crippen molar-refractivity contribution in [3.05, 3.63) is 51.6 Å². The van der Waals surface area contributed by atoms with Crippen LogP contribution < -0.4 is 5.43 Å². The van der Waals surface area contributed by atoms with Crippen molar-refractivity contribution in [3.63, 3.8) is 0 Å². The number of nitrogens with one attached hydrogen (secondary N) is 1. The second-order valence-electron chi connectivity index (χ2n) is 4.93. The molecular weight excluding hydrogens is 316 g/mol. The summed E-state index contributed by atoms with van der Waals surface area (Å²) in [6, 6.07) is 8.33. The highest BCUT2D eigenvalue weighted by atomic mass is 16.6. The lowest BCUT2D eigenvalue weighted by Crippen LogP contribution is -2.51. The Labute approximate surface area is 134 Å². The number of hydrazine groups is 1. The van der Waals surface area contributed by atoms with Crippen molar-refractivity contribution in [2.24, 2.45) is 0 Å². The van der Waals surface area contributed by atoms with Gasteiger partial charge in [0.2, 0.25) is 0 Å². The lowest BCUT2D eigenvalue weighted by Gasteiger charge is -2.26. The van der Waals surface area contributed by atoms with Gasteiger partial charge >= 0.3 is 0 Å². The smallest absolute Gasteiger partial charge is 0.272 e. The van der Waals surface area contributed by atoms with E-state index in [-0.39, 0.29) is 27.6 Å². The summed E-state index contributed by atoms with van der Waals surface area (Å²) in [7, 11) is 0. The first-order chi connectivity index (χ1) is 11.5. The molecular formula is C15H8N4O5. The van der Waals surface area contributed by atoms with Gasteiger partial charge in [0.15, 0.2) is 0 Å². The van der Waals surface area contributed by atoms with Gasteiger partial charge in [0, 0.05) is 11.5 Å². The highest BCUT2D eigenvalue weighted by Gasteiger charge is 2.35. The monoisotopic (exact) mass is 324 g/mol. The Bertz CT molecular complexity index is 953. The van der Waals surface area contributed by atoms with E-state index in [4.69, 9.17) is 5.26 Å². The van der Waals surface area contributed by atoms with Crippen molar-refractivity contribution < 1.29 is 19.3 Å². The van der Waals surface area contributed by atoms with Crippen LogP contribution in [0.2, 0.25) is 0 Å². The number of imide groups is 1. The molecule has 0 saturated heterocycles. The minimum Gasteiger partial charge on any atom is -0.272 e. The predicted molar refractivity (Wildman–Crippen MR) is 79.5 cm³/mol. The van der Waals surface area contributed by atoms with Crippen LogP contribution in [0.5, 0.6) is 0 Å². The molecule has 0 aliphatic carbocycles. The topological polar surface area (TPSA) is 133 Å². The largest absolute Gasteiger partial charge is 0.280 e. The fraction of sp³-hybridized carbons (Fsp3) is 0.0667. The average molecular weight is 324 g/mol. The Morgan fingerprint density at radius 1 is 1.21 bits per heavy atom. The maximum atomic E-state index is 12.5. The molecule has 118 valence electrons. The lowest BCUT2D eigenvalue weighted by atomic mass is 9.94. The Kier molecular flexibility index (Phi) is 3.42. The van der Waals surface area contributed by atoms with Gasteiger partial charge in [0.25, 0.3) is 23.4 Å². The second kappa shape index (κ2) is 5.44. The Morgan fingerprint density at radius 3 is 2.50 bits per heavy atom. The number of carbonyl (C=O) groups excluding carboxylic acids is 3. The molecule has 0 spiro atoms. The van der Waals surface area contributed by atoms with Gasteiger partial charge in [0.05, 0.1) is 27.5 Å². The first kappa shape index (κ1) is 15.1. The van der Waals surface area contributed by atoms with Crippen molar-refractivity contribution in [1.29, 1.82) is 5.26 Å². The van der Waals surface area contributed by atoms with E-state index < -0.39 is 29.1 Å². The molecule has 3 amide bonds. The third-order valence-electron chi connectivity index (χ3n) is 3.56. The summed E-state index contributed by atoms with van der Waals surface area (Å²) in [5, 5.41) is 20.5. The maximum absolute atomic E-state index is 12.5. The van der Waals surface area contributed by atoms with Gasteiger partial charge < -0.3 is 0 Å². The molecule has 0 aromatic heterocycles. The quantitative estimate of drug-likeness (QED) is 0.513. The number of carbonyl (C=O) groups is 3. The molecule has 1 aliphatic rings. The molecule has 24 heavy (non-hydrogen) atoms. The van der Waals surface area contributed by atoms with Crippen molar-refractivity contribution in [3.8, 4) is 6.07 Å². The Hall–Kier alpha value is -3.80. The lowest BCUT2D eigenvalue weighted by molar-refractivity contribution is -0.383. The third kappa shape index (κ3) is 2.14. The Morgan fingerprint density at radius 2 is 1.88 bits per heavy atom. The average Bonchev–Trinajstić information content (AvgIpc) is 2.56. The van der Waals surface area contributed by atoms with E-state index in [0.717, 1.165) is 0 Å². The van der Waals surface area contributed by atoms with Crippen LogP contribution in [-0.2, 0) is 4.79 Å². The van der Waals surface area contributed by atoms with Crippen LogP contribution in [0, 0.1) is 21.4 Å². The van der Waals surface area contributed by atoms with Crippen molar-refractivity contribution in [2.45, 2.75) is 6.42 Å². The zero-order valence-corrected chi connectivity index (χ0v) is 12.0. The molecule has 0 unspecified atom stereocenters. The second-order valence-corrected chi connectivity index (χ2v) is 4.93. The maximum Gasteiger partial charge on any atom is 0.280 e. The van der Waals surface area contributed by atoms with Crippen LogP contribution in [0.15, 0.2) is 30.3 Å². The number of benzene rings is 2. The summed E-state index contributed by atoms with van der Waals surface area (Å²) in [6.07, 6.45) is -0.519. The van der Waals surface area contributed by atoms with Crippen LogP contribution in [0.3, 0.4) is 0 Å². The van der Waals surface area contributed by atoms with Crippen LogP contribution >= 0.6 is 0 Å². The highest BCUT2D eigenvalue weighted by Crippen LogP contribution is 2.34. The zero-order valence-electron chi connectivity index (χ0n) is 12.0. The van der Waals surface area contributed by atoms with Gasteiger partial charge in [-0.05, 0) is 18.2 Å². The van der Waals surface area contributed by atoms with E-state index in [9.17, 15) is 24.5 Å². The van der Waals surface area contributed by atoms with Crippen LogP contribution in [0.4, 0.5) is 5.69 Å². The van der Waals surface area contributed by atoms with Crippen LogP contribution in [0.1, 0.15) is 27.1 Å². The molecule has 1 N–H and O–H groups in total. The molecule has 9 nitrogen and oxygen atoms in total. The molecule has 0 fully saturated rings. The minimum absolute atomic E-state index is 0.0584. The zero-order chi connectivity index (χ0) is 17.4. The SMILES string of the molecule is N#CCC(=O)NN1C(=O)c2cccc3c([N+](=O)[O-])ccc(c23)C1=O. The van der Waals surface area contributed by atoms with Gasteiger partial charge in [-0.2, -0.15) is 10.3 Å². The van der Waals surface area contributed by atoms with E-state index in [1.54, 1.807) is 6.07 Å². The normalized spacial score (nSPS) is 12.9. The van der Waals surface area contributed by atoms with Gasteiger partial charge in [-0.15, -0.1) is 0 Å². The summed E-state index contributed by atoms with van der Waals surface area (Å²) in [6.45, 7) is 0. The standard InChI is InChI=1S/C15H8N4O5/c16-7-6-12(20)17-18-14(21)9-3-1-2-8-11(19(23)24)5-4-10(13(8)9)15(18)22/h1-5H,6H2,(H,17,20). The van der Waals surface area contributed by atoms with Crippen LogP contribution in [-0.4, -0.2) is 27.7 Å². The van der Waals surface area contributed by atoms with E-state index in [2.05, 4.69) is 5.43 Å². The number of nitro groups is 1. The molecule has 0 radical (unpaired) electrons. The summed E-state index contributed by atoms with van der Waals surface area (Å²) in [5.74, 6) is -2.44. The number of rotatable bonds is 3. The fourth-order valence-corrected chi connectivity index (χ4v) is 2.58. The minimum atomic E-state index is -0.815. The molecule has 0 bridgehead atoms. The van der Waals surface area contributed by atoms with Crippen molar-refractivity contribution >= 4 is 34.2 Å². The number of nitro benzene ring substituents is 1. The molecule has 0 saturated carbocycles. The fourth-order valence-electron chi connectivity index (χ4n) is 2.58. The summed E-state index contributed by atoms with van der Waals surface area (Å²) in [4.78, 5) is 47.0. The highest BCUT2D eigenvalue weighted by molar-refractivity contribution is 6.26. The van der Waals surface area contributed by atoms with Crippen molar-refractivity contribution in [1.82, 2.24) is 10.4 Å². The number of hydrogen-bond acceptors (Lipinski definition) is 6. The third-order valence-corrected chi connectivity index (χ3v) is 3.56. The van der Waals surface area contributed by atoms with E-state index in [1.165, 1.54) is 30.3 Å². The molecule has 2 aromatic rings. The molecule has 3 rings (SSSR count). The van der Waals surface area contributed by atoms with Crippen molar-refractivity contribution in [2.75, 3.05) is 0 Å². The molecule has 2 aromatic carbocycles. The number of nitriles is 1. The molecule has 1 aliphatic heterocycles. The van der Waals surface area contributed by atoms with E-state index in [0.29, 0.717) is 5.01 Å². The molecule has 0 atom stereocenters. The van der Waals surface area contributed by atoms with E-state index >= 15 is 0 Å².